The van der Waals surface area contributed by atoms with Crippen LogP contribution in [0.25, 0.3) is 22.5 Å². The molecule has 3 fully saturated rings. The summed E-state index contributed by atoms with van der Waals surface area (Å²) in [5, 5.41) is 7.14. The molecule has 1 aliphatic carbocycles. The number of benzene rings is 1. The van der Waals surface area contributed by atoms with Gasteiger partial charge in [0.2, 0.25) is 0 Å². The zero-order valence-electron chi connectivity index (χ0n) is 23.8. The number of alkyl halides is 3. The Labute approximate surface area is 254 Å². The highest BCUT2D eigenvalue weighted by molar-refractivity contribution is 7.14. The smallest absolute Gasteiger partial charge is 0.464 e. The minimum absolute atomic E-state index is 0.0188. The van der Waals surface area contributed by atoms with E-state index in [0.29, 0.717) is 17.0 Å². The van der Waals surface area contributed by atoms with Gasteiger partial charge in [-0.3, -0.25) is 0 Å². The van der Waals surface area contributed by atoms with Crippen molar-refractivity contribution in [1.82, 2.24) is 15.1 Å². The summed E-state index contributed by atoms with van der Waals surface area (Å²) >= 11 is 1.58. The van der Waals surface area contributed by atoms with E-state index in [4.69, 9.17) is 19.0 Å². The third-order valence-electron chi connectivity index (χ3n) is 8.45. The van der Waals surface area contributed by atoms with Crippen LogP contribution in [-0.4, -0.2) is 52.8 Å². The topological polar surface area (TPSA) is 99.8 Å². The van der Waals surface area contributed by atoms with Crippen molar-refractivity contribution >= 4 is 22.4 Å². The number of fused-ring (bicyclic) bond motifs is 2. The molecule has 1 aromatic carbocycles. The van der Waals surface area contributed by atoms with Gasteiger partial charge in [0.1, 0.15) is 22.9 Å². The van der Waals surface area contributed by atoms with Gasteiger partial charge < -0.3 is 23.6 Å². The van der Waals surface area contributed by atoms with Crippen molar-refractivity contribution in [2.24, 2.45) is 0 Å². The van der Waals surface area contributed by atoms with Crippen LogP contribution in [0.2, 0.25) is 0 Å². The molecule has 2 saturated heterocycles. The third-order valence-corrected chi connectivity index (χ3v) is 9.31. The molecule has 2 bridgehead atoms. The van der Waals surface area contributed by atoms with Crippen LogP contribution in [0.1, 0.15) is 66.3 Å². The van der Waals surface area contributed by atoms with Crippen molar-refractivity contribution in [3.8, 4) is 28.3 Å². The zero-order valence-corrected chi connectivity index (χ0v) is 24.6. The van der Waals surface area contributed by atoms with Gasteiger partial charge in [-0.05, 0) is 62.8 Å². The van der Waals surface area contributed by atoms with Crippen LogP contribution in [0.5, 0.6) is 5.75 Å². The molecule has 4 aromatic rings. The predicted octanol–water partition coefficient (Wildman–Crippen LogP) is 7.14. The number of pyridine rings is 1. The number of rotatable bonds is 9. The first kappa shape index (κ1) is 28.8. The monoisotopic (exact) mass is 626 g/mol. The lowest BCUT2D eigenvalue weighted by atomic mass is 10.00. The number of methoxy groups -OCH3 is 1. The van der Waals surface area contributed by atoms with Crippen molar-refractivity contribution in [3.63, 3.8) is 0 Å². The van der Waals surface area contributed by atoms with E-state index < -0.39 is 12.3 Å². The highest BCUT2D eigenvalue weighted by Gasteiger charge is 2.43. The number of para-hydroxylation sites is 1. The first-order valence-corrected chi connectivity index (χ1v) is 15.4. The molecule has 0 spiro atoms. The van der Waals surface area contributed by atoms with Crippen molar-refractivity contribution in [2.45, 2.75) is 75.6 Å². The van der Waals surface area contributed by atoms with Gasteiger partial charge in [-0.25, -0.2) is 14.8 Å². The van der Waals surface area contributed by atoms with Crippen molar-refractivity contribution in [3.05, 3.63) is 65.0 Å². The summed E-state index contributed by atoms with van der Waals surface area (Å²) in [5.74, 6) is 0.0870. The number of nitrogens with zero attached hydrogens (tertiary/aromatic N) is 4. The maximum Gasteiger partial charge on any atom is 0.573 e. The molecule has 1 saturated carbocycles. The Bertz CT molecular complexity index is 1640. The molecule has 2 aliphatic heterocycles. The molecule has 9 nitrogen and oxygen atoms in total. The maximum absolute atomic E-state index is 13.1. The van der Waals surface area contributed by atoms with Gasteiger partial charge in [-0.2, -0.15) is 0 Å². The summed E-state index contributed by atoms with van der Waals surface area (Å²) < 4.78 is 60.6. The number of thiazole rings is 1. The number of anilines is 1. The Morgan fingerprint density at radius 3 is 2.55 bits per heavy atom. The number of carbonyl (C=O) groups excluding carboxylic acids is 1. The molecule has 3 aromatic heterocycles. The van der Waals surface area contributed by atoms with E-state index in [1.807, 2.05) is 11.4 Å². The fraction of sp³-hybridized carbons (Fsp3) is 0.419. The summed E-state index contributed by atoms with van der Waals surface area (Å²) in [5.41, 5.74) is 3.11. The number of piperidine rings is 1. The molecule has 0 N–H and O–H groups in total. The van der Waals surface area contributed by atoms with Gasteiger partial charge in [0.25, 0.3) is 0 Å². The first-order chi connectivity index (χ1) is 21.3. The predicted molar refractivity (Wildman–Crippen MR) is 154 cm³/mol. The Hall–Kier alpha value is -3.97. The summed E-state index contributed by atoms with van der Waals surface area (Å²) in [7, 11) is 1.32. The van der Waals surface area contributed by atoms with Crippen LogP contribution in [-0.2, 0) is 16.1 Å². The molecular formula is C31H29F3N4O5S. The van der Waals surface area contributed by atoms with Crippen LogP contribution in [0.4, 0.5) is 18.3 Å². The molecule has 230 valence electrons. The summed E-state index contributed by atoms with van der Waals surface area (Å²) in [6.07, 6.45) is 2.37. The lowest BCUT2D eigenvalue weighted by molar-refractivity contribution is -0.274. The van der Waals surface area contributed by atoms with Crippen molar-refractivity contribution < 1.29 is 36.7 Å². The van der Waals surface area contributed by atoms with E-state index in [0.717, 1.165) is 54.9 Å². The second-order valence-electron chi connectivity index (χ2n) is 11.3. The molecule has 0 radical (unpaired) electrons. The van der Waals surface area contributed by atoms with Gasteiger partial charge in [0.15, 0.2) is 5.13 Å². The molecule has 3 atom stereocenters. The highest BCUT2D eigenvalue weighted by atomic mass is 32.1. The Morgan fingerprint density at radius 1 is 1.09 bits per heavy atom. The van der Waals surface area contributed by atoms with Crippen LogP contribution in [0.3, 0.4) is 0 Å². The summed E-state index contributed by atoms with van der Waals surface area (Å²) in [6.45, 7) is 0.199. The summed E-state index contributed by atoms with van der Waals surface area (Å²) in [6, 6.07) is 9.97. The van der Waals surface area contributed by atoms with Crippen LogP contribution < -0.4 is 9.64 Å². The number of hydrogen-bond donors (Lipinski definition) is 0. The van der Waals surface area contributed by atoms with E-state index in [-0.39, 0.29) is 47.7 Å². The van der Waals surface area contributed by atoms with Crippen LogP contribution in [0, 0.1) is 0 Å². The third kappa shape index (κ3) is 5.77. The maximum atomic E-state index is 13.1. The molecule has 0 unspecified atom stereocenters. The minimum atomic E-state index is -4.83. The van der Waals surface area contributed by atoms with Gasteiger partial charge in [0.05, 0.1) is 25.5 Å². The average Bonchev–Trinajstić information content (AvgIpc) is 3.48. The normalized spacial score (nSPS) is 21.5. The lowest BCUT2D eigenvalue weighted by Gasteiger charge is -2.38. The fourth-order valence-corrected chi connectivity index (χ4v) is 7.25. The Balaban J connectivity index is 1.05. The molecule has 3 aliphatic rings. The van der Waals surface area contributed by atoms with Crippen LogP contribution >= 0.6 is 11.3 Å². The minimum Gasteiger partial charge on any atom is -0.464 e. The quantitative estimate of drug-likeness (QED) is 0.180. The van der Waals surface area contributed by atoms with Crippen LogP contribution in [0.15, 0.2) is 52.5 Å². The number of hydrogen-bond acceptors (Lipinski definition) is 10. The van der Waals surface area contributed by atoms with E-state index in [1.165, 1.54) is 19.2 Å². The Morgan fingerprint density at radius 2 is 1.86 bits per heavy atom. The van der Waals surface area contributed by atoms with E-state index in [2.05, 4.69) is 19.8 Å². The van der Waals surface area contributed by atoms with E-state index in [9.17, 15) is 18.0 Å². The zero-order chi connectivity index (χ0) is 30.4. The number of aromatic nitrogens is 3. The SMILES string of the molecule is COC(=O)c1ccc(-c2csc(N3[C@@H]4CC[C@H]3C[C@@H](OCc3c(-c5ccccc5OC(F)(F)F)noc3C3CC3)C4)n2)cn1. The van der Waals surface area contributed by atoms with E-state index in [1.54, 1.807) is 35.7 Å². The molecule has 13 heteroatoms. The van der Waals surface area contributed by atoms with Gasteiger partial charge >= 0.3 is 12.3 Å². The lowest BCUT2D eigenvalue weighted by Crippen LogP contribution is -2.45. The molecule has 0 amide bonds. The number of ether oxygens (including phenoxy) is 3. The van der Waals surface area contributed by atoms with Gasteiger partial charge in [-0.1, -0.05) is 17.3 Å². The number of carbonyl (C=O) groups is 1. The van der Waals surface area contributed by atoms with E-state index >= 15 is 0 Å². The highest BCUT2D eigenvalue weighted by Crippen LogP contribution is 2.47. The van der Waals surface area contributed by atoms with Crippen molar-refractivity contribution in [1.29, 1.82) is 0 Å². The summed E-state index contributed by atoms with van der Waals surface area (Å²) in [4.78, 5) is 23.2. The number of halogens is 3. The van der Waals surface area contributed by atoms with Gasteiger partial charge in [-0.15, -0.1) is 24.5 Å². The standard InChI is InChI=1S/C31H29F3N4O5S/c1-40-29(39)24-11-8-18(14-35-24)25-16-44-30(36-25)38-19-9-10-20(38)13-21(12-19)41-15-23-27(37-43-28(23)17-6-7-17)22-4-2-3-5-26(22)42-31(32,33)34/h2-5,8,11,14,16-17,19-21H,6-7,9-10,12-13,15H2,1H3/t19-,20+,21+. The fourth-order valence-electron chi connectivity index (χ4n) is 6.28. The van der Waals surface area contributed by atoms with Gasteiger partial charge in [0, 0.05) is 46.3 Å². The second-order valence-corrected chi connectivity index (χ2v) is 12.2. The average molecular weight is 627 g/mol. The van der Waals surface area contributed by atoms with Crippen molar-refractivity contribution in [2.75, 3.05) is 12.0 Å². The molecule has 5 heterocycles. The first-order valence-electron chi connectivity index (χ1n) is 14.5. The second kappa shape index (κ2) is 11.5. The Kier molecular flexibility index (Phi) is 7.53. The number of esters is 1. The molecule has 44 heavy (non-hydrogen) atoms. The largest absolute Gasteiger partial charge is 0.573 e. The molecular weight excluding hydrogens is 597 g/mol. The molecule has 7 rings (SSSR count).